The summed E-state index contributed by atoms with van der Waals surface area (Å²) >= 11 is 0. The number of nitrogens with one attached hydrogen (secondary N) is 1. The molecule has 0 aliphatic carbocycles. The lowest BCUT2D eigenvalue weighted by Crippen LogP contribution is -2.10. The van der Waals surface area contributed by atoms with Crippen molar-refractivity contribution in [3.05, 3.63) is 42.2 Å². The predicted octanol–water partition coefficient (Wildman–Crippen LogP) is 2.53. The summed E-state index contributed by atoms with van der Waals surface area (Å²) in [6.45, 7) is 5.21. The van der Waals surface area contributed by atoms with E-state index in [1.165, 1.54) is 12.1 Å². The first-order chi connectivity index (χ1) is 8.65. The van der Waals surface area contributed by atoms with E-state index in [4.69, 9.17) is 9.84 Å². The van der Waals surface area contributed by atoms with Gasteiger partial charge in [-0.3, -0.25) is 0 Å². The van der Waals surface area contributed by atoms with Crippen LogP contribution < -0.4 is 5.32 Å². The number of carboxylic acids is 1. The zero-order chi connectivity index (χ0) is 13.4. The molecular weight excluding hydrogens is 237 g/mol. The predicted molar refractivity (Wildman–Crippen MR) is 67.5 cm³/mol. The maximum absolute atomic E-state index is 13.3. The van der Waals surface area contributed by atoms with Crippen LogP contribution in [0.2, 0.25) is 0 Å². The van der Waals surface area contributed by atoms with E-state index in [-0.39, 0.29) is 5.56 Å². The Hall–Kier alpha value is -1.88. The Bertz CT molecular complexity index is 421. The molecule has 0 saturated heterocycles. The zero-order valence-electron chi connectivity index (χ0n) is 9.99. The van der Waals surface area contributed by atoms with Crippen molar-refractivity contribution in [1.82, 2.24) is 0 Å². The summed E-state index contributed by atoms with van der Waals surface area (Å²) in [6, 6.07) is 3.92. The minimum atomic E-state index is -1.27. The van der Waals surface area contributed by atoms with Gasteiger partial charge in [0.05, 0.1) is 18.8 Å². The maximum Gasteiger partial charge on any atom is 0.338 e. The SMILES string of the molecule is C=CCCOCCNc1ccc(C(=O)O)c(F)c1. The van der Waals surface area contributed by atoms with Crippen molar-refractivity contribution in [2.75, 3.05) is 25.1 Å². The van der Waals surface area contributed by atoms with Gasteiger partial charge in [0.1, 0.15) is 5.82 Å². The number of ether oxygens (including phenoxy) is 1. The van der Waals surface area contributed by atoms with Crippen molar-refractivity contribution in [2.24, 2.45) is 0 Å². The van der Waals surface area contributed by atoms with Gasteiger partial charge < -0.3 is 15.2 Å². The first-order valence-electron chi connectivity index (χ1n) is 5.60. The molecule has 0 atom stereocenters. The van der Waals surface area contributed by atoms with Crippen LogP contribution in [-0.4, -0.2) is 30.8 Å². The molecule has 0 fully saturated rings. The van der Waals surface area contributed by atoms with E-state index in [0.717, 1.165) is 12.5 Å². The Kier molecular flexibility index (Phi) is 5.87. The molecule has 0 aliphatic heterocycles. The summed E-state index contributed by atoms with van der Waals surface area (Å²) < 4.78 is 18.6. The number of hydrogen-bond acceptors (Lipinski definition) is 3. The average Bonchev–Trinajstić information content (AvgIpc) is 2.33. The Morgan fingerprint density at radius 1 is 1.50 bits per heavy atom. The van der Waals surface area contributed by atoms with Gasteiger partial charge in [-0.25, -0.2) is 9.18 Å². The molecule has 1 aromatic rings. The smallest absolute Gasteiger partial charge is 0.338 e. The normalized spacial score (nSPS) is 10.1. The summed E-state index contributed by atoms with van der Waals surface area (Å²) in [5.41, 5.74) is 0.201. The molecule has 0 bridgehead atoms. The second-order valence-corrected chi connectivity index (χ2v) is 3.62. The highest BCUT2D eigenvalue weighted by atomic mass is 19.1. The molecule has 2 N–H and O–H groups in total. The van der Waals surface area contributed by atoms with Gasteiger partial charge in [-0.15, -0.1) is 6.58 Å². The van der Waals surface area contributed by atoms with Crippen molar-refractivity contribution in [3.8, 4) is 0 Å². The maximum atomic E-state index is 13.3. The van der Waals surface area contributed by atoms with Crippen LogP contribution in [-0.2, 0) is 4.74 Å². The fourth-order valence-corrected chi connectivity index (χ4v) is 1.33. The third-order valence-corrected chi connectivity index (χ3v) is 2.24. The van der Waals surface area contributed by atoms with Crippen LogP contribution in [0.5, 0.6) is 0 Å². The number of carboxylic acid groups (broad SMARTS) is 1. The van der Waals surface area contributed by atoms with Gasteiger partial charge in [-0.1, -0.05) is 6.08 Å². The Balaban J connectivity index is 2.37. The lowest BCUT2D eigenvalue weighted by Gasteiger charge is -2.07. The molecule has 1 rings (SSSR count). The number of rotatable bonds is 8. The van der Waals surface area contributed by atoms with E-state index in [1.807, 2.05) is 0 Å². The van der Waals surface area contributed by atoms with Crippen molar-refractivity contribution in [2.45, 2.75) is 6.42 Å². The Morgan fingerprint density at radius 2 is 2.28 bits per heavy atom. The third-order valence-electron chi connectivity index (χ3n) is 2.24. The number of anilines is 1. The van der Waals surface area contributed by atoms with E-state index < -0.39 is 11.8 Å². The molecule has 0 aliphatic rings. The Morgan fingerprint density at radius 3 is 2.89 bits per heavy atom. The monoisotopic (exact) mass is 253 g/mol. The molecule has 0 aromatic heterocycles. The Labute approximate surface area is 105 Å². The fraction of sp³-hybridized carbons (Fsp3) is 0.308. The quantitative estimate of drug-likeness (QED) is 0.552. The molecule has 98 valence electrons. The number of halogens is 1. The molecule has 0 amide bonds. The van der Waals surface area contributed by atoms with Gasteiger partial charge >= 0.3 is 5.97 Å². The summed E-state index contributed by atoms with van der Waals surface area (Å²) in [6.07, 6.45) is 2.56. The van der Waals surface area contributed by atoms with Crippen LogP contribution in [0.3, 0.4) is 0 Å². The highest BCUT2D eigenvalue weighted by Crippen LogP contribution is 2.14. The second kappa shape index (κ2) is 7.45. The van der Waals surface area contributed by atoms with Gasteiger partial charge in [0.15, 0.2) is 0 Å². The molecule has 1 aromatic carbocycles. The van der Waals surface area contributed by atoms with E-state index in [1.54, 1.807) is 6.08 Å². The summed E-state index contributed by atoms with van der Waals surface area (Å²) in [5, 5.41) is 11.6. The van der Waals surface area contributed by atoms with Crippen molar-refractivity contribution >= 4 is 11.7 Å². The lowest BCUT2D eigenvalue weighted by molar-refractivity contribution is 0.0692. The van der Waals surface area contributed by atoms with Gasteiger partial charge in [0.2, 0.25) is 0 Å². The molecule has 0 radical (unpaired) electrons. The molecule has 4 nitrogen and oxygen atoms in total. The number of carbonyl (C=O) groups is 1. The molecule has 0 heterocycles. The van der Waals surface area contributed by atoms with Gasteiger partial charge in [-0.05, 0) is 24.6 Å². The van der Waals surface area contributed by atoms with E-state index >= 15 is 0 Å². The highest BCUT2D eigenvalue weighted by molar-refractivity contribution is 5.88. The third kappa shape index (κ3) is 4.55. The topological polar surface area (TPSA) is 58.6 Å². The molecule has 0 spiro atoms. The van der Waals surface area contributed by atoms with Crippen LogP contribution in [0, 0.1) is 5.82 Å². The number of hydrogen-bond donors (Lipinski definition) is 2. The fourth-order valence-electron chi connectivity index (χ4n) is 1.33. The van der Waals surface area contributed by atoms with Crippen LogP contribution in [0.1, 0.15) is 16.8 Å². The number of benzene rings is 1. The van der Waals surface area contributed by atoms with Crippen molar-refractivity contribution < 1.29 is 19.0 Å². The van der Waals surface area contributed by atoms with Gasteiger partial charge in [-0.2, -0.15) is 0 Å². The molecule has 0 saturated carbocycles. The first-order valence-corrected chi connectivity index (χ1v) is 5.60. The number of aromatic carboxylic acids is 1. The second-order valence-electron chi connectivity index (χ2n) is 3.62. The average molecular weight is 253 g/mol. The summed E-state index contributed by atoms with van der Waals surface area (Å²) in [5.74, 6) is -2.02. The molecule has 0 unspecified atom stereocenters. The summed E-state index contributed by atoms with van der Waals surface area (Å²) in [7, 11) is 0. The van der Waals surface area contributed by atoms with Crippen LogP contribution in [0.4, 0.5) is 10.1 Å². The van der Waals surface area contributed by atoms with E-state index in [9.17, 15) is 9.18 Å². The van der Waals surface area contributed by atoms with Crippen LogP contribution >= 0.6 is 0 Å². The standard InChI is InChI=1S/C13H16FNO3/c1-2-3-7-18-8-6-15-10-4-5-11(13(16)17)12(14)9-10/h2,4-5,9,15H,1,3,6-8H2,(H,16,17). The van der Waals surface area contributed by atoms with Crippen molar-refractivity contribution in [1.29, 1.82) is 0 Å². The summed E-state index contributed by atoms with van der Waals surface area (Å²) in [4.78, 5) is 10.6. The largest absolute Gasteiger partial charge is 0.478 e. The minimum absolute atomic E-state index is 0.331. The lowest BCUT2D eigenvalue weighted by atomic mass is 10.2. The van der Waals surface area contributed by atoms with Crippen LogP contribution in [0.15, 0.2) is 30.9 Å². The molecule has 18 heavy (non-hydrogen) atoms. The van der Waals surface area contributed by atoms with Crippen LogP contribution in [0.25, 0.3) is 0 Å². The van der Waals surface area contributed by atoms with Gasteiger partial charge in [0.25, 0.3) is 0 Å². The first kappa shape index (κ1) is 14.2. The van der Waals surface area contributed by atoms with E-state index in [0.29, 0.717) is 25.4 Å². The molecular formula is C13H16FNO3. The molecule has 5 heteroatoms. The van der Waals surface area contributed by atoms with Crippen molar-refractivity contribution in [3.63, 3.8) is 0 Å². The highest BCUT2D eigenvalue weighted by Gasteiger charge is 2.09. The minimum Gasteiger partial charge on any atom is -0.478 e. The zero-order valence-corrected chi connectivity index (χ0v) is 9.99. The van der Waals surface area contributed by atoms with E-state index in [2.05, 4.69) is 11.9 Å². The van der Waals surface area contributed by atoms with Gasteiger partial charge in [0, 0.05) is 12.2 Å².